The second kappa shape index (κ2) is 6.84. The third-order valence-corrected chi connectivity index (χ3v) is 6.85. The van der Waals surface area contributed by atoms with Crippen LogP contribution < -0.4 is 10.6 Å². The van der Waals surface area contributed by atoms with Gasteiger partial charge in [0.2, 0.25) is 5.65 Å². The number of hydrogen-bond acceptors (Lipinski definition) is 6. The van der Waals surface area contributed by atoms with Crippen molar-refractivity contribution in [3.63, 3.8) is 0 Å². The predicted molar refractivity (Wildman–Crippen MR) is 110 cm³/mol. The lowest BCUT2D eigenvalue weighted by Crippen LogP contribution is -2.49. The molecule has 5 rings (SSSR count). The highest BCUT2D eigenvalue weighted by molar-refractivity contribution is 6.43. The number of nitrogens with one attached hydrogen (secondary N) is 1. The van der Waals surface area contributed by atoms with Gasteiger partial charge < -0.3 is 15.4 Å². The van der Waals surface area contributed by atoms with Crippen LogP contribution in [0.1, 0.15) is 12.8 Å². The van der Waals surface area contributed by atoms with Crippen LogP contribution in [-0.2, 0) is 4.74 Å². The van der Waals surface area contributed by atoms with Gasteiger partial charge in [0.1, 0.15) is 11.3 Å². The molecule has 28 heavy (non-hydrogen) atoms. The number of aromatic nitrogens is 4. The molecule has 2 aromatic heterocycles. The molecule has 0 saturated carbocycles. The first kappa shape index (κ1) is 18.1. The Morgan fingerprint density at radius 3 is 2.82 bits per heavy atom. The van der Waals surface area contributed by atoms with Crippen molar-refractivity contribution in [2.24, 2.45) is 11.1 Å². The van der Waals surface area contributed by atoms with E-state index >= 15 is 0 Å². The summed E-state index contributed by atoms with van der Waals surface area (Å²) in [4.78, 5) is 11.6. The van der Waals surface area contributed by atoms with Crippen LogP contribution in [0.2, 0.25) is 10.0 Å². The van der Waals surface area contributed by atoms with Gasteiger partial charge in [-0.05, 0) is 18.9 Å². The van der Waals surface area contributed by atoms with E-state index in [1.54, 1.807) is 12.3 Å². The molecule has 0 amide bonds. The molecule has 1 aromatic carbocycles. The zero-order chi connectivity index (χ0) is 19.3. The molecule has 2 saturated heterocycles. The Kier molecular flexibility index (Phi) is 4.43. The summed E-state index contributed by atoms with van der Waals surface area (Å²) in [6, 6.07) is 5.60. The van der Waals surface area contributed by atoms with Crippen LogP contribution >= 0.6 is 23.2 Å². The molecule has 2 fully saturated rings. The average Bonchev–Trinajstić information content (AvgIpc) is 3.28. The van der Waals surface area contributed by atoms with Gasteiger partial charge in [-0.3, -0.25) is 5.10 Å². The summed E-state index contributed by atoms with van der Waals surface area (Å²) in [5.41, 5.74) is 9.09. The molecule has 9 heteroatoms. The van der Waals surface area contributed by atoms with E-state index in [1.165, 1.54) is 0 Å². The van der Waals surface area contributed by atoms with E-state index in [1.807, 2.05) is 12.1 Å². The van der Waals surface area contributed by atoms with E-state index in [9.17, 15) is 0 Å². The first-order valence-corrected chi connectivity index (χ1v) is 10.1. The van der Waals surface area contributed by atoms with Crippen LogP contribution in [0.5, 0.6) is 0 Å². The number of nitrogens with zero attached hydrogens (tertiary/aromatic N) is 4. The Balaban J connectivity index is 1.42. The number of rotatable bonds is 2. The maximum Gasteiger partial charge on any atom is 0.202 e. The lowest BCUT2D eigenvalue weighted by molar-refractivity contribution is 0.131. The van der Waals surface area contributed by atoms with Crippen molar-refractivity contribution in [2.45, 2.75) is 18.9 Å². The van der Waals surface area contributed by atoms with Gasteiger partial charge in [0.15, 0.2) is 0 Å². The van der Waals surface area contributed by atoms with Crippen molar-refractivity contribution >= 4 is 40.2 Å². The summed E-state index contributed by atoms with van der Waals surface area (Å²) in [5.74, 6) is 0.824. The van der Waals surface area contributed by atoms with Gasteiger partial charge in [-0.1, -0.05) is 35.3 Å². The molecule has 2 aliphatic heterocycles. The van der Waals surface area contributed by atoms with Crippen LogP contribution in [0, 0.1) is 5.41 Å². The minimum atomic E-state index is 0.108. The van der Waals surface area contributed by atoms with Gasteiger partial charge in [0.05, 0.1) is 35.1 Å². The van der Waals surface area contributed by atoms with Gasteiger partial charge in [0.25, 0.3) is 0 Å². The first-order valence-electron chi connectivity index (χ1n) is 9.31. The molecule has 7 nitrogen and oxygen atoms in total. The summed E-state index contributed by atoms with van der Waals surface area (Å²) in [6.07, 6.45) is 3.79. The van der Waals surface area contributed by atoms with Crippen LogP contribution in [-0.4, -0.2) is 52.5 Å². The van der Waals surface area contributed by atoms with E-state index in [-0.39, 0.29) is 11.5 Å². The Labute approximate surface area is 172 Å². The third-order valence-electron chi connectivity index (χ3n) is 6.03. The number of aromatic amines is 1. The van der Waals surface area contributed by atoms with E-state index in [0.717, 1.165) is 43.9 Å². The number of piperidine rings is 1. The van der Waals surface area contributed by atoms with E-state index in [0.29, 0.717) is 33.5 Å². The van der Waals surface area contributed by atoms with Crippen molar-refractivity contribution < 1.29 is 4.74 Å². The topological polar surface area (TPSA) is 93.0 Å². The first-order chi connectivity index (χ1) is 13.6. The monoisotopic (exact) mass is 418 g/mol. The van der Waals surface area contributed by atoms with Crippen molar-refractivity contribution in [2.75, 3.05) is 31.2 Å². The highest BCUT2D eigenvalue weighted by Crippen LogP contribution is 2.40. The molecule has 4 heterocycles. The molecule has 0 aliphatic carbocycles. The minimum Gasteiger partial charge on any atom is -0.379 e. The molecular formula is C19H20Cl2N6O. The quantitative estimate of drug-likeness (QED) is 0.663. The summed E-state index contributed by atoms with van der Waals surface area (Å²) in [7, 11) is 0. The summed E-state index contributed by atoms with van der Waals surface area (Å²) < 4.78 is 5.61. The number of anilines is 1. The second-order valence-electron chi connectivity index (χ2n) is 7.57. The number of halogens is 2. The fourth-order valence-corrected chi connectivity index (χ4v) is 4.59. The Hall–Kier alpha value is -1.93. The number of benzene rings is 1. The van der Waals surface area contributed by atoms with Gasteiger partial charge in [-0.2, -0.15) is 5.10 Å². The molecule has 2 aliphatic rings. The summed E-state index contributed by atoms with van der Waals surface area (Å²) in [6.45, 7) is 3.19. The maximum atomic E-state index is 6.35. The van der Waals surface area contributed by atoms with Crippen LogP contribution in [0.3, 0.4) is 0 Å². The van der Waals surface area contributed by atoms with Gasteiger partial charge in [-0.15, -0.1) is 0 Å². The van der Waals surface area contributed by atoms with E-state index in [4.69, 9.17) is 38.7 Å². The Morgan fingerprint density at radius 2 is 2.07 bits per heavy atom. The van der Waals surface area contributed by atoms with Crippen molar-refractivity contribution in [1.82, 2.24) is 20.2 Å². The van der Waals surface area contributed by atoms with Crippen LogP contribution in [0.25, 0.3) is 22.4 Å². The Morgan fingerprint density at radius 1 is 1.25 bits per heavy atom. The summed E-state index contributed by atoms with van der Waals surface area (Å²) in [5, 5.41) is 8.30. The van der Waals surface area contributed by atoms with Gasteiger partial charge in [0, 0.05) is 30.1 Å². The molecule has 3 N–H and O–H groups in total. The number of ether oxygens (including phenoxy) is 1. The number of fused-ring (bicyclic) bond motifs is 1. The van der Waals surface area contributed by atoms with Crippen molar-refractivity contribution in [1.29, 1.82) is 0 Å². The van der Waals surface area contributed by atoms with E-state index in [2.05, 4.69) is 20.1 Å². The predicted octanol–water partition coefficient (Wildman–Crippen LogP) is 3.27. The SMILES string of the molecule is NC1COCC12CCN(c1cnc3c(-c4cccc(Cl)c4Cl)[nH]nc3n1)CC2. The van der Waals surface area contributed by atoms with Crippen molar-refractivity contribution in [3.8, 4) is 11.3 Å². The van der Waals surface area contributed by atoms with Gasteiger partial charge in [-0.25, -0.2) is 9.97 Å². The molecule has 3 aromatic rings. The zero-order valence-corrected chi connectivity index (χ0v) is 16.7. The zero-order valence-electron chi connectivity index (χ0n) is 15.2. The van der Waals surface area contributed by atoms with E-state index < -0.39 is 0 Å². The normalized spacial score (nSPS) is 21.7. The standard InChI is InChI=1S/C19H20Cl2N6O/c20-12-3-1-2-11(15(12)21)16-17-18(26-25-16)24-14(8-23-17)27-6-4-19(5-7-27)10-28-9-13(19)22/h1-3,8,13H,4-7,9-10,22H2,(H,24,25,26). The summed E-state index contributed by atoms with van der Waals surface area (Å²) >= 11 is 12.5. The molecule has 0 bridgehead atoms. The maximum absolute atomic E-state index is 6.35. The lowest BCUT2D eigenvalue weighted by Gasteiger charge is -2.41. The molecule has 1 atom stereocenters. The average molecular weight is 419 g/mol. The smallest absolute Gasteiger partial charge is 0.202 e. The van der Waals surface area contributed by atoms with Crippen molar-refractivity contribution in [3.05, 3.63) is 34.4 Å². The fraction of sp³-hybridized carbons (Fsp3) is 0.421. The molecule has 1 spiro atoms. The second-order valence-corrected chi connectivity index (χ2v) is 8.36. The highest BCUT2D eigenvalue weighted by Gasteiger charge is 2.44. The largest absolute Gasteiger partial charge is 0.379 e. The fourth-order valence-electron chi connectivity index (χ4n) is 4.19. The molecule has 0 radical (unpaired) electrons. The van der Waals surface area contributed by atoms with Gasteiger partial charge >= 0.3 is 0 Å². The highest BCUT2D eigenvalue weighted by atomic mass is 35.5. The molecular weight excluding hydrogens is 399 g/mol. The molecule has 146 valence electrons. The Bertz CT molecular complexity index is 1030. The third kappa shape index (κ3) is 2.85. The van der Waals surface area contributed by atoms with Crippen LogP contribution in [0.4, 0.5) is 5.82 Å². The van der Waals surface area contributed by atoms with Crippen LogP contribution in [0.15, 0.2) is 24.4 Å². The number of hydrogen-bond donors (Lipinski definition) is 2. The number of H-pyrrole nitrogens is 1. The minimum absolute atomic E-state index is 0.108. The number of nitrogens with two attached hydrogens (primary N) is 1. The lowest BCUT2D eigenvalue weighted by atomic mass is 9.75. The molecule has 1 unspecified atom stereocenters.